The van der Waals surface area contributed by atoms with Gasteiger partial charge in [0.15, 0.2) is 5.66 Å². The van der Waals surface area contributed by atoms with Crippen molar-refractivity contribution in [3.05, 3.63) is 64.7 Å². The molecular formula is C22H22ClN3OS. The number of thioether (sulfide) groups is 1. The standard InChI is InChI=1S/C22H22ClN3OS/c1-15-4-6-16(7-5-15)20-21(26-22(25-20)12-2-3-13-22)28-14-19(27)24-18-10-8-17(23)9-11-18/h4-11H,2-3,12-14H2,1H3,(H,24,27). The van der Waals surface area contributed by atoms with E-state index in [2.05, 4.69) is 36.5 Å². The second kappa shape index (κ2) is 8.10. The summed E-state index contributed by atoms with van der Waals surface area (Å²) >= 11 is 7.36. The number of hydrogen-bond donors (Lipinski definition) is 1. The number of nitrogens with one attached hydrogen (secondary N) is 1. The van der Waals surface area contributed by atoms with Crippen molar-refractivity contribution in [2.45, 2.75) is 38.3 Å². The number of nitrogens with zero attached hydrogens (tertiary/aromatic N) is 2. The van der Waals surface area contributed by atoms with E-state index in [9.17, 15) is 4.79 Å². The normalized spacial score (nSPS) is 17.5. The molecule has 2 aromatic carbocycles. The van der Waals surface area contributed by atoms with E-state index in [0.717, 1.165) is 47.7 Å². The average molecular weight is 412 g/mol. The first kappa shape index (κ1) is 19.2. The lowest BCUT2D eigenvalue weighted by atomic mass is 10.1. The maximum absolute atomic E-state index is 12.4. The molecule has 0 unspecified atom stereocenters. The maximum atomic E-state index is 12.4. The molecule has 6 heteroatoms. The number of rotatable bonds is 4. The summed E-state index contributed by atoms with van der Waals surface area (Å²) in [6.45, 7) is 2.07. The van der Waals surface area contributed by atoms with Crippen LogP contribution in [0, 0.1) is 6.92 Å². The van der Waals surface area contributed by atoms with Crippen molar-refractivity contribution in [1.82, 2.24) is 0 Å². The Morgan fingerprint density at radius 2 is 1.75 bits per heavy atom. The zero-order valence-corrected chi connectivity index (χ0v) is 17.3. The van der Waals surface area contributed by atoms with Crippen molar-refractivity contribution in [2.75, 3.05) is 11.1 Å². The monoisotopic (exact) mass is 411 g/mol. The summed E-state index contributed by atoms with van der Waals surface area (Å²) in [4.78, 5) is 22.4. The van der Waals surface area contributed by atoms with Crippen LogP contribution >= 0.6 is 23.4 Å². The SMILES string of the molecule is Cc1ccc(C2=NC3(CCCC3)N=C2SCC(=O)Nc2ccc(Cl)cc2)cc1. The molecule has 1 fully saturated rings. The first-order chi connectivity index (χ1) is 13.5. The number of aliphatic imine (C=N–C) groups is 2. The van der Waals surface area contributed by atoms with E-state index < -0.39 is 0 Å². The first-order valence-electron chi connectivity index (χ1n) is 9.48. The highest BCUT2D eigenvalue weighted by Gasteiger charge is 2.39. The van der Waals surface area contributed by atoms with Crippen molar-refractivity contribution >= 4 is 45.7 Å². The second-order valence-corrected chi connectivity index (χ2v) is 8.68. The largest absolute Gasteiger partial charge is 0.325 e. The van der Waals surface area contributed by atoms with Crippen molar-refractivity contribution in [3.8, 4) is 0 Å². The minimum Gasteiger partial charge on any atom is -0.325 e. The van der Waals surface area contributed by atoms with Gasteiger partial charge in [-0.3, -0.25) is 9.79 Å². The number of aryl methyl sites for hydroxylation is 1. The van der Waals surface area contributed by atoms with Crippen molar-refractivity contribution in [2.24, 2.45) is 9.98 Å². The Kier molecular flexibility index (Phi) is 5.56. The molecule has 0 bridgehead atoms. The average Bonchev–Trinajstić information content (AvgIpc) is 3.30. The number of carbonyl (C=O) groups excluding carboxylic acids is 1. The maximum Gasteiger partial charge on any atom is 0.234 e. The van der Waals surface area contributed by atoms with Crippen LogP contribution in [-0.2, 0) is 4.79 Å². The minimum atomic E-state index is -0.310. The highest BCUT2D eigenvalue weighted by molar-refractivity contribution is 8.16. The Balaban J connectivity index is 1.48. The number of halogens is 1. The lowest BCUT2D eigenvalue weighted by Crippen LogP contribution is -2.17. The zero-order valence-electron chi connectivity index (χ0n) is 15.7. The van der Waals surface area contributed by atoms with E-state index in [-0.39, 0.29) is 11.6 Å². The van der Waals surface area contributed by atoms with E-state index in [4.69, 9.17) is 21.6 Å². The second-order valence-electron chi connectivity index (χ2n) is 7.28. The molecule has 1 heterocycles. The van der Waals surface area contributed by atoms with Gasteiger partial charge in [-0.25, -0.2) is 4.99 Å². The van der Waals surface area contributed by atoms with Gasteiger partial charge in [0.25, 0.3) is 0 Å². The number of carbonyl (C=O) groups is 1. The fourth-order valence-corrected chi connectivity index (χ4v) is 4.55. The molecule has 1 aliphatic carbocycles. The van der Waals surface area contributed by atoms with Gasteiger partial charge < -0.3 is 5.32 Å². The Morgan fingerprint density at radius 1 is 1.07 bits per heavy atom. The Morgan fingerprint density at radius 3 is 2.43 bits per heavy atom. The third-order valence-electron chi connectivity index (χ3n) is 5.03. The number of hydrogen-bond acceptors (Lipinski definition) is 4. The molecule has 0 atom stereocenters. The fraction of sp³-hybridized carbons (Fsp3) is 0.318. The summed E-state index contributed by atoms with van der Waals surface area (Å²) in [7, 11) is 0. The third-order valence-corrected chi connectivity index (χ3v) is 6.25. The molecule has 1 N–H and O–H groups in total. The highest BCUT2D eigenvalue weighted by Crippen LogP contribution is 2.40. The number of amides is 1. The molecule has 28 heavy (non-hydrogen) atoms. The highest BCUT2D eigenvalue weighted by atomic mass is 35.5. The lowest BCUT2D eigenvalue weighted by molar-refractivity contribution is -0.113. The van der Waals surface area contributed by atoms with E-state index in [1.807, 2.05) is 0 Å². The van der Waals surface area contributed by atoms with Crippen LogP contribution in [0.4, 0.5) is 5.69 Å². The van der Waals surface area contributed by atoms with Gasteiger partial charge in [0.2, 0.25) is 5.91 Å². The summed E-state index contributed by atoms with van der Waals surface area (Å²) in [6, 6.07) is 15.5. The lowest BCUT2D eigenvalue weighted by Gasteiger charge is -2.14. The molecular weight excluding hydrogens is 390 g/mol. The molecule has 4 rings (SSSR count). The molecule has 1 spiro atoms. The van der Waals surface area contributed by atoms with Gasteiger partial charge in [-0.1, -0.05) is 53.2 Å². The number of benzene rings is 2. The van der Waals surface area contributed by atoms with Crippen molar-refractivity contribution in [3.63, 3.8) is 0 Å². The van der Waals surface area contributed by atoms with Gasteiger partial charge in [0.05, 0.1) is 11.5 Å². The Bertz CT molecular complexity index is 929. The van der Waals surface area contributed by atoms with E-state index >= 15 is 0 Å². The van der Waals surface area contributed by atoms with E-state index in [1.165, 1.54) is 17.3 Å². The van der Waals surface area contributed by atoms with Crippen molar-refractivity contribution in [1.29, 1.82) is 0 Å². The molecule has 4 nitrogen and oxygen atoms in total. The van der Waals surface area contributed by atoms with Crippen molar-refractivity contribution < 1.29 is 4.79 Å². The van der Waals surface area contributed by atoms with Gasteiger partial charge in [-0.05, 0) is 56.9 Å². The van der Waals surface area contributed by atoms with Crippen LogP contribution in [0.2, 0.25) is 5.02 Å². The molecule has 0 radical (unpaired) electrons. The molecule has 144 valence electrons. The number of anilines is 1. The van der Waals surface area contributed by atoms with Crippen LogP contribution in [0.15, 0.2) is 58.5 Å². The minimum absolute atomic E-state index is 0.0642. The van der Waals surface area contributed by atoms with Crippen LogP contribution in [0.5, 0.6) is 0 Å². The van der Waals surface area contributed by atoms with Crippen LogP contribution < -0.4 is 5.32 Å². The fourth-order valence-electron chi connectivity index (χ4n) is 3.55. The summed E-state index contributed by atoms with van der Waals surface area (Å²) in [5.41, 5.74) is 3.63. The summed E-state index contributed by atoms with van der Waals surface area (Å²) in [5.74, 6) is 0.230. The van der Waals surface area contributed by atoms with E-state index in [1.54, 1.807) is 24.3 Å². The molecule has 1 saturated carbocycles. The molecule has 1 aliphatic heterocycles. The Labute approximate surface area is 174 Å². The van der Waals surface area contributed by atoms with E-state index in [0.29, 0.717) is 10.8 Å². The van der Waals surface area contributed by atoms with Crippen LogP contribution in [0.25, 0.3) is 0 Å². The van der Waals surface area contributed by atoms with Gasteiger partial charge in [0, 0.05) is 16.3 Å². The summed E-state index contributed by atoms with van der Waals surface area (Å²) in [6.07, 6.45) is 4.29. The molecule has 0 saturated heterocycles. The summed E-state index contributed by atoms with van der Waals surface area (Å²) in [5, 5.41) is 4.42. The quantitative estimate of drug-likeness (QED) is 0.722. The molecule has 1 amide bonds. The predicted octanol–water partition coefficient (Wildman–Crippen LogP) is 5.49. The molecule has 0 aromatic heterocycles. The smallest absolute Gasteiger partial charge is 0.234 e. The molecule has 2 aromatic rings. The Hall–Kier alpha value is -2.11. The predicted molar refractivity (Wildman–Crippen MR) is 119 cm³/mol. The van der Waals surface area contributed by atoms with Gasteiger partial charge in [-0.2, -0.15) is 0 Å². The van der Waals surface area contributed by atoms with Gasteiger partial charge in [0.1, 0.15) is 5.04 Å². The van der Waals surface area contributed by atoms with Crippen LogP contribution in [-0.4, -0.2) is 28.1 Å². The zero-order chi connectivity index (χ0) is 19.6. The van der Waals surface area contributed by atoms with Gasteiger partial charge in [-0.15, -0.1) is 0 Å². The third kappa shape index (κ3) is 4.31. The van der Waals surface area contributed by atoms with Crippen LogP contribution in [0.3, 0.4) is 0 Å². The topological polar surface area (TPSA) is 53.8 Å². The van der Waals surface area contributed by atoms with Gasteiger partial charge >= 0.3 is 0 Å². The first-order valence-corrected chi connectivity index (χ1v) is 10.8. The molecule has 2 aliphatic rings. The van der Waals surface area contributed by atoms with Crippen LogP contribution in [0.1, 0.15) is 36.8 Å². The summed E-state index contributed by atoms with van der Waals surface area (Å²) < 4.78 is 0.